The number of nitrogens with one attached hydrogen (secondary N) is 2. The van der Waals surface area contributed by atoms with Crippen molar-refractivity contribution in [2.45, 2.75) is 33.1 Å². The lowest BCUT2D eigenvalue weighted by Gasteiger charge is -2.31. The second-order valence-electron chi connectivity index (χ2n) is 6.98. The first-order valence-electron chi connectivity index (χ1n) is 9.79. The van der Waals surface area contributed by atoms with Gasteiger partial charge < -0.3 is 20.3 Å². The number of morpholine rings is 1. The number of hydrogen-bond acceptors (Lipinski definition) is 4. The van der Waals surface area contributed by atoms with Gasteiger partial charge in [0, 0.05) is 52.2 Å². The minimum absolute atomic E-state index is 0.253. The molecule has 2 aliphatic heterocycles. The Hall–Kier alpha value is -1.34. The maximum Gasteiger partial charge on any atom is 0.224 e. The predicted octanol–water partition coefficient (Wildman–Crippen LogP) is 0.522. The Bertz CT molecular complexity index is 424. The molecule has 2 aliphatic rings. The third-order valence-corrected chi connectivity index (χ3v) is 4.78. The first-order valence-corrected chi connectivity index (χ1v) is 9.79. The summed E-state index contributed by atoms with van der Waals surface area (Å²) in [7, 11) is 0. The number of hydrogen-bond donors (Lipinski definition) is 2. The van der Waals surface area contributed by atoms with Crippen LogP contribution in [-0.2, 0) is 9.53 Å². The summed E-state index contributed by atoms with van der Waals surface area (Å²) in [6.07, 6.45) is 2.90. The van der Waals surface area contributed by atoms with E-state index in [1.807, 2.05) is 4.90 Å². The van der Waals surface area contributed by atoms with Crippen molar-refractivity contribution in [3.8, 4) is 0 Å². The first-order chi connectivity index (χ1) is 12.2. The maximum absolute atomic E-state index is 12.3. The summed E-state index contributed by atoms with van der Waals surface area (Å²) in [6, 6.07) is 0. The lowest BCUT2D eigenvalue weighted by molar-refractivity contribution is -0.132. The molecule has 0 aromatic carbocycles. The second-order valence-corrected chi connectivity index (χ2v) is 6.98. The van der Waals surface area contributed by atoms with E-state index in [-0.39, 0.29) is 5.91 Å². The molecule has 0 bridgehead atoms. The molecule has 1 amide bonds. The van der Waals surface area contributed by atoms with Crippen LogP contribution in [0.5, 0.6) is 0 Å². The number of likely N-dealkylation sites (tertiary alicyclic amines) is 1. The Labute approximate surface area is 152 Å². The standard InChI is InChI=1S/C18H35N5O2/c1-3-19-18(21-8-10-22-11-13-25-14-12-22)20-7-6-17(24)23-9-4-5-16(2)15-23/h16H,3-15H2,1-2H3,(H2,19,20,21). The van der Waals surface area contributed by atoms with Crippen LogP contribution in [0.4, 0.5) is 0 Å². The van der Waals surface area contributed by atoms with Crippen LogP contribution in [0.2, 0.25) is 0 Å². The summed E-state index contributed by atoms with van der Waals surface area (Å²) in [6.45, 7) is 12.9. The highest BCUT2D eigenvalue weighted by Crippen LogP contribution is 2.15. The Balaban J connectivity index is 1.67. The number of amides is 1. The monoisotopic (exact) mass is 353 g/mol. The lowest BCUT2D eigenvalue weighted by atomic mass is 10.00. The smallest absolute Gasteiger partial charge is 0.224 e. The van der Waals surface area contributed by atoms with Gasteiger partial charge in [-0.1, -0.05) is 6.92 Å². The van der Waals surface area contributed by atoms with E-state index in [0.29, 0.717) is 18.9 Å². The molecule has 2 fully saturated rings. The Kier molecular flexibility index (Phi) is 9.04. The van der Waals surface area contributed by atoms with E-state index in [1.165, 1.54) is 6.42 Å². The fraction of sp³-hybridized carbons (Fsp3) is 0.889. The molecule has 0 saturated carbocycles. The van der Waals surface area contributed by atoms with Gasteiger partial charge in [0.15, 0.2) is 5.96 Å². The molecule has 2 N–H and O–H groups in total. The van der Waals surface area contributed by atoms with Crippen molar-refractivity contribution in [3.05, 3.63) is 0 Å². The van der Waals surface area contributed by atoms with Gasteiger partial charge in [-0.25, -0.2) is 0 Å². The van der Waals surface area contributed by atoms with Crippen molar-refractivity contribution in [3.63, 3.8) is 0 Å². The van der Waals surface area contributed by atoms with Gasteiger partial charge in [-0.2, -0.15) is 0 Å². The molecule has 2 rings (SSSR count). The minimum Gasteiger partial charge on any atom is -0.379 e. The fourth-order valence-electron chi connectivity index (χ4n) is 3.33. The van der Waals surface area contributed by atoms with Crippen LogP contribution >= 0.6 is 0 Å². The van der Waals surface area contributed by atoms with Gasteiger partial charge in [0.2, 0.25) is 5.91 Å². The predicted molar refractivity (Wildman–Crippen MR) is 101 cm³/mol. The van der Waals surface area contributed by atoms with Gasteiger partial charge in [0.25, 0.3) is 0 Å². The number of aliphatic imine (C=N–C) groups is 1. The molecule has 1 atom stereocenters. The van der Waals surface area contributed by atoms with Crippen LogP contribution in [0.15, 0.2) is 4.99 Å². The van der Waals surface area contributed by atoms with E-state index in [4.69, 9.17) is 4.74 Å². The molecule has 0 spiro atoms. The van der Waals surface area contributed by atoms with Crippen molar-refractivity contribution in [2.24, 2.45) is 10.9 Å². The van der Waals surface area contributed by atoms with E-state index in [2.05, 4.69) is 34.4 Å². The number of guanidine groups is 1. The van der Waals surface area contributed by atoms with E-state index < -0.39 is 0 Å². The molecule has 7 nitrogen and oxygen atoms in total. The van der Waals surface area contributed by atoms with Crippen LogP contribution < -0.4 is 10.6 Å². The zero-order valence-corrected chi connectivity index (χ0v) is 15.9. The third kappa shape index (κ3) is 7.61. The summed E-state index contributed by atoms with van der Waals surface area (Å²) in [5, 5.41) is 6.54. The normalized spacial score (nSPS) is 22.7. The summed E-state index contributed by atoms with van der Waals surface area (Å²) < 4.78 is 5.36. The van der Waals surface area contributed by atoms with E-state index >= 15 is 0 Å². The Morgan fingerprint density at radius 1 is 1.24 bits per heavy atom. The summed E-state index contributed by atoms with van der Waals surface area (Å²) in [4.78, 5) is 21.3. The van der Waals surface area contributed by atoms with Gasteiger partial charge >= 0.3 is 0 Å². The number of piperidine rings is 1. The lowest BCUT2D eigenvalue weighted by Crippen LogP contribution is -2.43. The Morgan fingerprint density at radius 2 is 2.04 bits per heavy atom. The molecule has 0 aromatic rings. The van der Waals surface area contributed by atoms with Crippen molar-refractivity contribution >= 4 is 11.9 Å². The first kappa shape index (κ1) is 20.0. The highest BCUT2D eigenvalue weighted by molar-refractivity contribution is 5.81. The zero-order valence-electron chi connectivity index (χ0n) is 15.9. The van der Waals surface area contributed by atoms with Crippen LogP contribution in [0, 0.1) is 5.92 Å². The van der Waals surface area contributed by atoms with Gasteiger partial charge in [0.05, 0.1) is 19.8 Å². The highest BCUT2D eigenvalue weighted by atomic mass is 16.5. The van der Waals surface area contributed by atoms with Crippen molar-refractivity contribution < 1.29 is 9.53 Å². The molecule has 0 aromatic heterocycles. The number of ether oxygens (including phenoxy) is 1. The molecule has 0 aliphatic carbocycles. The van der Waals surface area contributed by atoms with Crippen molar-refractivity contribution in [1.29, 1.82) is 0 Å². The van der Waals surface area contributed by atoms with Crippen molar-refractivity contribution in [2.75, 3.05) is 65.6 Å². The molecule has 144 valence electrons. The molecule has 0 radical (unpaired) electrons. The van der Waals surface area contributed by atoms with Crippen LogP contribution in [0.1, 0.15) is 33.1 Å². The largest absolute Gasteiger partial charge is 0.379 e. The van der Waals surface area contributed by atoms with Crippen LogP contribution in [0.25, 0.3) is 0 Å². The topological polar surface area (TPSA) is 69.2 Å². The number of carbonyl (C=O) groups excluding carboxylic acids is 1. The second kappa shape index (κ2) is 11.3. The third-order valence-electron chi connectivity index (χ3n) is 4.78. The molecular formula is C18H35N5O2. The van der Waals surface area contributed by atoms with Gasteiger partial charge in [-0.05, 0) is 25.7 Å². The maximum atomic E-state index is 12.3. The van der Waals surface area contributed by atoms with E-state index in [0.717, 1.165) is 71.4 Å². The highest BCUT2D eigenvalue weighted by Gasteiger charge is 2.20. The SMILES string of the molecule is CCNC(=NCCN1CCOCC1)NCCC(=O)N1CCCC(C)C1. The molecule has 2 saturated heterocycles. The summed E-state index contributed by atoms with van der Waals surface area (Å²) >= 11 is 0. The molecule has 7 heteroatoms. The minimum atomic E-state index is 0.253. The Morgan fingerprint density at radius 3 is 2.76 bits per heavy atom. The van der Waals surface area contributed by atoms with Gasteiger partial charge in [-0.3, -0.25) is 14.7 Å². The van der Waals surface area contributed by atoms with Gasteiger partial charge in [-0.15, -0.1) is 0 Å². The number of rotatable bonds is 7. The van der Waals surface area contributed by atoms with Crippen molar-refractivity contribution in [1.82, 2.24) is 20.4 Å². The average Bonchev–Trinajstić information content (AvgIpc) is 2.62. The fourth-order valence-corrected chi connectivity index (χ4v) is 3.33. The van der Waals surface area contributed by atoms with Crippen LogP contribution in [-0.4, -0.2) is 87.2 Å². The number of nitrogens with zero attached hydrogens (tertiary/aromatic N) is 3. The quantitative estimate of drug-likeness (QED) is 0.516. The van der Waals surface area contributed by atoms with E-state index in [1.54, 1.807) is 0 Å². The van der Waals surface area contributed by atoms with Crippen LogP contribution in [0.3, 0.4) is 0 Å². The molecular weight excluding hydrogens is 318 g/mol. The average molecular weight is 354 g/mol. The number of carbonyl (C=O) groups is 1. The van der Waals surface area contributed by atoms with E-state index in [9.17, 15) is 4.79 Å². The summed E-state index contributed by atoms with van der Waals surface area (Å²) in [5.41, 5.74) is 0. The molecule has 2 heterocycles. The van der Waals surface area contributed by atoms with Gasteiger partial charge in [0.1, 0.15) is 0 Å². The molecule has 1 unspecified atom stereocenters. The summed E-state index contributed by atoms with van der Waals surface area (Å²) in [5.74, 6) is 1.68. The zero-order chi connectivity index (χ0) is 17.9. The molecule has 25 heavy (non-hydrogen) atoms.